The number of aliphatic carboxylic acids is 1. The van der Waals surface area contributed by atoms with Crippen LogP contribution in [0.15, 0.2) is 35.9 Å². The van der Waals surface area contributed by atoms with Crippen LogP contribution in [0.4, 0.5) is 0 Å². The Bertz CT molecular complexity index is 608. The Labute approximate surface area is 120 Å². The quantitative estimate of drug-likeness (QED) is 0.829. The summed E-state index contributed by atoms with van der Waals surface area (Å²) in [5.41, 5.74) is 0.724. The zero-order chi connectivity index (χ0) is 14.4. The molecule has 0 unspecified atom stereocenters. The maximum Gasteiger partial charge on any atom is 0.328 e. The zero-order valence-corrected chi connectivity index (χ0v) is 11.6. The predicted molar refractivity (Wildman–Crippen MR) is 76.1 cm³/mol. The first kappa shape index (κ1) is 14.1. The standard InChI is InChI=1S/C14H13NO4S/c1-18-11-4-2-10(3-5-14(16)17)8-12(11)19-9-13-15-6-7-20-13/h2-8H,9H2,1H3,(H,16,17)/b5-3+. The van der Waals surface area contributed by atoms with Crippen LogP contribution >= 0.6 is 11.3 Å². The number of carbonyl (C=O) groups is 1. The van der Waals surface area contributed by atoms with Crippen LogP contribution in [0.25, 0.3) is 6.08 Å². The van der Waals surface area contributed by atoms with E-state index in [4.69, 9.17) is 14.6 Å². The van der Waals surface area contributed by atoms with Crippen LogP contribution in [0.5, 0.6) is 11.5 Å². The highest BCUT2D eigenvalue weighted by molar-refractivity contribution is 7.09. The van der Waals surface area contributed by atoms with E-state index in [2.05, 4.69) is 4.98 Å². The molecule has 0 atom stereocenters. The number of hydrogen-bond donors (Lipinski definition) is 1. The lowest BCUT2D eigenvalue weighted by atomic mass is 10.2. The molecule has 0 saturated heterocycles. The normalized spacial score (nSPS) is 10.7. The summed E-state index contributed by atoms with van der Waals surface area (Å²) in [6.07, 6.45) is 4.29. The Kier molecular flexibility index (Phi) is 4.73. The molecular formula is C14H13NO4S. The van der Waals surface area contributed by atoms with Gasteiger partial charge in [-0.15, -0.1) is 11.3 Å². The molecule has 0 fully saturated rings. The number of benzene rings is 1. The van der Waals surface area contributed by atoms with Crippen molar-refractivity contribution in [2.24, 2.45) is 0 Å². The van der Waals surface area contributed by atoms with Gasteiger partial charge in [0.1, 0.15) is 11.6 Å². The van der Waals surface area contributed by atoms with E-state index in [1.54, 1.807) is 31.5 Å². The Morgan fingerprint density at radius 3 is 2.95 bits per heavy atom. The SMILES string of the molecule is COc1ccc(/C=C/C(=O)O)cc1OCc1nccs1. The van der Waals surface area contributed by atoms with E-state index in [1.807, 2.05) is 5.38 Å². The minimum absolute atomic E-state index is 0.347. The van der Waals surface area contributed by atoms with Crippen molar-refractivity contribution >= 4 is 23.4 Å². The Morgan fingerprint density at radius 1 is 1.45 bits per heavy atom. The van der Waals surface area contributed by atoms with Crippen LogP contribution < -0.4 is 9.47 Å². The van der Waals surface area contributed by atoms with Gasteiger partial charge < -0.3 is 14.6 Å². The second-order valence-electron chi connectivity index (χ2n) is 3.80. The van der Waals surface area contributed by atoms with Crippen molar-refractivity contribution < 1.29 is 19.4 Å². The molecule has 0 aliphatic carbocycles. The van der Waals surface area contributed by atoms with Crippen molar-refractivity contribution in [2.75, 3.05) is 7.11 Å². The molecule has 2 rings (SSSR count). The molecule has 1 aromatic heterocycles. The molecule has 2 aromatic rings. The van der Waals surface area contributed by atoms with Crippen LogP contribution in [0.1, 0.15) is 10.6 Å². The van der Waals surface area contributed by atoms with E-state index < -0.39 is 5.97 Å². The first-order chi connectivity index (χ1) is 9.69. The number of thiazole rings is 1. The molecule has 0 aliphatic rings. The molecule has 0 aliphatic heterocycles. The van der Waals surface area contributed by atoms with E-state index in [-0.39, 0.29) is 0 Å². The lowest BCUT2D eigenvalue weighted by molar-refractivity contribution is -0.131. The van der Waals surface area contributed by atoms with Crippen molar-refractivity contribution in [2.45, 2.75) is 6.61 Å². The molecule has 0 amide bonds. The van der Waals surface area contributed by atoms with Crippen LogP contribution in [-0.4, -0.2) is 23.2 Å². The summed E-state index contributed by atoms with van der Waals surface area (Å²) in [5.74, 6) is 0.148. The van der Waals surface area contributed by atoms with E-state index in [0.29, 0.717) is 18.1 Å². The molecule has 1 aromatic carbocycles. The van der Waals surface area contributed by atoms with Gasteiger partial charge in [-0.3, -0.25) is 0 Å². The molecule has 0 saturated carbocycles. The molecular weight excluding hydrogens is 278 g/mol. The van der Waals surface area contributed by atoms with E-state index in [1.165, 1.54) is 17.4 Å². The summed E-state index contributed by atoms with van der Waals surface area (Å²) in [4.78, 5) is 14.6. The highest BCUT2D eigenvalue weighted by Gasteiger charge is 2.06. The second-order valence-corrected chi connectivity index (χ2v) is 4.78. The fraction of sp³-hybridized carbons (Fsp3) is 0.143. The van der Waals surface area contributed by atoms with E-state index in [9.17, 15) is 4.79 Å². The molecule has 1 heterocycles. The summed E-state index contributed by atoms with van der Waals surface area (Å²) in [5, 5.41) is 11.4. The van der Waals surface area contributed by atoms with Gasteiger partial charge >= 0.3 is 5.97 Å². The fourth-order valence-corrected chi connectivity index (χ4v) is 2.07. The molecule has 104 valence electrons. The average molecular weight is 291 g/mol. The molecule has 0 bridgehead atoms. The number of nitrogens with zero attached hydrogens (tertiary/aromatic N) is 1. The number of rotatable bonds is 6. The Hall–Kier alpha value is -2.34. The summed E-state index contributed by atoms with van der Waals surface area (Å²) < 4.78 is 10.9. The van der Waals surface area contributed by atoms with Crippen molar-refractivity contribution in [3.8, 4) is 11.5 Å². The number of carboxylic acid groups (broad SMARTS) is 1. The first-order valence-electron chi connectivity index (χ1n) is 5.79. The zero-order valence-electron chi connectivity index (χ0n) is 10.8. The summed E-state index contributed by atoms with van der Waals surface area (Å²) >= 11 is 1.51. The lowest BCUT2D eigenvalue weighted by Gasteiger charge is -2.10. The number of methoxy groups -OCH3 is 1. The summed E-state index contributed by atoms with van der Waals surface area (Å²) in [7, 11) is 1.55. The van der Waals surface area contributed by atoms with Crippen LogP contribution in [0.2, 0.25) is 0 Å². The molecule has 20 heavy (non-hydrogen) atoms. The van der Waals surface area contributed by atoms with Gasteiger partial charge in [-0.25, -0.2) is 9.78 Å². The minimum atomic E-state index is -0.994. The molecule has 5 nitrogen and oxygen atoms in total. The van der Waals surface area contributed by atoms with Gasteiger partial charge in [0.25, 0.3) is 0 Å². The predicted octanol–water partition coefficient (Wildman–Crippen LogP) is 2.83. The van der Waals surface area contributed by atoms with Crippen molar-refractivity contribution in [3.05, 3.63) is 46.4 Å². The fourth-order valence-electron chi connectivity index (χ4n) is 1.54. The van der Waals surface area contributed by atoms with Crippen LogP contribution in [-0.2, 0) is 11.4 Å². The highest BCUT2D eigenvalue weighted by Crippen LogP contribution is 2.29. The Balaban J connectivity index is 2.15. The van der Waals surface area contributed by atoms with Gasteiger partial charge in [0.15, 0.2) is 11.5 Å². The van der Waals surface area contributed by atoms with Gasteiger partial charge in [-0.05, 0) is 23.8 Å². The number of ether oxygens (including phenoxy) is 2. The third kappa shape index (κ3) is 3.83. The topological polar surface area (TPSA) is 68.7 Å². The first-order valence-corrected chi connectivity index (χ1v) is 6.67. The van der Waals surface area contributed by atoms with Crippen LogP contribution in [0, 0.1) is 0 Å². The Morgan fingerprint density at radius 2 is 2.30 bits per heavy atom. The summed E-state index contributed by atoms with van der Waals surface area (Å²) in [6, 6.07) is 5.22. The largest absolute Gasteiger partial charge is 0.493 e. The number of aromatic nitrogens is 1. The van der Waals surface area contributed by atoms with Gasteiger partial charge in [-0.1, -0.05) is 6.07 Å². The highest BCUT2D eigenvalue weighted by atomic mass is 32.1. The minimum Gasteiger partial charge on any atom is -0.493 e. The third-order valence-electron chi connectivity index (χ3n) is 2.44. The smallest absolute Gasteiger partial charge is 0.328 e. The van der Waals surface area contributed by atoms with Gasteiger partial charge in [-0.2, -0.15) is 0 Å². The van der Waals surface area contributed by atoms with E-state index in [0.717, 1.165) is 16.6 Å². The van der Waals surface area contributed by atoms with E-state index >= 15 is 0 Å². The second kappa shape index (κ2) is 6.72. The van der Waals surface area contributed by atoms with Crippen molar-refractivity contribution in [1.29, 1.82) is 0 Å². The van der Waals surface area contributed by atoms with Crippen LogP contribution in [0.3, 0.4) is 0 Å². The maximum absolute atomic E-state index is 10.5. The average Bonchev–Trinajstić information content (AvgIpc) is 2.96. The third-order valence-corrected chi connectivity index (χ3v) is 3.19. The molecule has 1 N–H and O–H groups in total. The maximum atomic E-state index is 10.5. The van der Waals surface area contributed by atoms with Gasteiger partial charge in [0.2, 0.25) is 0 Å². The molecule has 0 radical (unpaired) electrons. The van der Waals surface area contributed by atoms with Gasteiger partial charge in [0.05, 0.1) is 7.11 Å². The number of hydrogen-bond acceptors (Lipinski definition) is 5. The van der Waals surface area contributed by atoms with Crippen molar-refractivity contribution in [3.63, 3.8) is 0 Å². The summed E-state index contributed by atoms with van der Waals surface area (Å²) in [6.45, 7) is 0.347. The van der Waals surface area contributed by atoms with Gasteiger partial charge in [0, 0.05) is 17.7 Å². The lowest BCUT2D eigenvalue weighted by Crippen LogP contribution is -1.97. The van der Waals surface area contributed by atoms with Crippen molar-refractivity contribution in [1.82, 2.24) is 4.98 Å². The molecule has 6 heteroatoms. The number of carboxylic acids is 1. The monoisotopic (exact) mass is 291 g/mol. The molecule has 0 spiro atoms.